The van der Waals surface area contributed by atoms with Crippen molar-refractivity contribution in [3.8, 4) is 11.5 Å². The number of carbonyl (C=O) groups is 1. The summed E-state index contributed by atoms with van der Waals surface area (Å²) >= 11 is 6.41. The van der Waals surface area contributed by atoms with Crippen LogP contribution in [0.3, 0.4) is 0 Å². The molecule has 0 saturated heterocycles. The Bertz CT molecular complexity index is 982. The van der Waals surface area contributed by atoms with Crippen molar-refractivity contribution in [1.82, 2.24) is 0 Å². The second kappa shape index (κ2) is 9.11. The maximum atomic E-state index is 11.7. The lowest BCUT2D eigenvalue weighted by Crippen LogP contribution is -2.01. The van der Waals surface area contributed by atoms with Crippen molar-refractivity contribution in [1.29, 1.82) is 0 Å². The van der Waals surface area contributed by atoms with Gasteiger partial charge in [0.1, 0.15) is 6.61 Å². The Kier molecular flexibility index (Phi) is 6.35. The minimum absolute atomic E-state index is 0.164. The normalized spacial score (nSPS) is 11.1. The van der Waals surface area contributed by atoms with Gasteiger partial charge < -0.3 is 14.6 Å². The molecule has 3 aromatic rings. The topological polar surface area (TPSA) is 55.8 Å². The molecule has 4 nitrogen and oxygen atoms in total. The molecule has 0 unspecified atom stereocenters. The molecule has 3 rings (SSSR count). The van der Waals surface area contributed by atoms with Crippen LogP contribution >= 0.6 is 11.6 Å². The maximum absolute atomic E-state index is 11.7. The van der Waals surface area contributed by atoms with E-state index < -0.39 is 5.97 Å². The van der Waals surface area contributed by atoms with Crippen LogP contribution in [0.1, 0.15) is 16.7 Å². The second-order valence-electron chi connectivity index (χ2n) is 6.04. The van der Waals surface area contributed by atoms with E-state index in [0.29, 0.717) is 34.3 Å². The van der Waals surface area contributed by atoms with Gasteiger partial charge in [-0.25, -0.2) is 4.79 Å². The van der Waals surface area contributed by atoms with Gasteiger partial charge in [-0.3, -0.25) is 0 Å². The number of carboxylic acid groups (broad SMARTS) is 1. The molecule has 0 radical (unpaired) electrons. The highest BCUT2D eigenvalue weighted by molar-refractivity contribution is 6.32. The van der Waals surface area contributed by atoms with Gasteiger partial charge in [0.25, 0.3) is 0 Å². The molecule has 0 aliphatic carbocycles. The molecule has 0 saturated carbocycles. The fraction of sp³-hybridized carbons (Fsp3) is 0.0870. The molecule has 0 aliphatic heterocycles. The first-order valence-corrected chi connectivity index (χ1v) is 9.01. The summed E-state index contributed by atoms with van der Waals surface area (Å²) in [6.45, 7) is 0.344. The highest BCUT2D eigenvalue weighted by Crippen LogP contribution is 2.38. The predicted octanol–water partition coefficient (Wildman–Crippen LogP) is 5.55. The van der Waals surface area contributed by atoms with Crippen LogP contribution < -0.4 is 9.47 Å². The molecule has 0 heterocycles. The van der Waals surface area contributed by atoms with Gasteiger partial charge in [-0.2, -0.15) is 0 Å². The van der Waals surface area contributed by atoms with E-state index in [0.717, 1.165) is 5.56 Å². The lowest BCUT2D eigenvalue weighted by atomic mass is 10.0. The summed E-state index contributed by atoms with van der Waals surface area (Å²) in [4.78, 5) is 11.7. The highest BCUT2D eigenvalue weighted by atomic mass is 35.5. The summed E-state index contributed by atoms with van der Waals surface area (Å²) in [5.74, 6) is -0.167. The number of halogens is 1. The van der Waals surface area contributed by atoms with Crippen molar-refractivity contribution in [2.45, 2.75) is 6.61 Å². The number of benzene rings is 3. The predicted molar refractivity (Wildman–Crippen MR) is 111 cm³/mol. The lowest BCUT2D eigenvalue weighted by molar-refractivity contribution is -0.130. The van der Waals surface area contributed by atoms with E-state index in [1.54, 1.807) is 42.5 Å². The van der Waals surface area contributed by atoms with Crippen LogP contribution in [-0.4, -0.2) is 18.2 Å². The van der Waals surface area contributed by atoms with Gasteiger partial charge in [-0.05, 0) is 34.9 Å². The Morgan fingerprint density at radius 1 is 1.04 bits per heavy atom. The van der Waals surface area contributed by atoms with Crippen molar-refractivity contribution in [3.05, 3.63) is 94.5 Å². The number of methoxy groups -OCH3 is 1. The first kappa shape index (κ1) is 19.5. The minimum atomic E-state index is -1.02. The lowest BCUT2D eigenvalue weighted by Gasteiger charge is -2.14. The van der Waals surface area contributed by atoms with E-state index >= 15 is 0 Å². The zero-order valence-corrected chi connectivity index (χ0v) is 16.0. The minimum Gasteiger partial charge on any atom is -0.493 e. The highest BCUT2D eigenvalue weighted by Gasteiger charge is 2.15. The number of carboxylic acids is 1. The van der Waals surface area contributed by atoms with Gasteiger partial charge in [-0.15, -0.1) is 0 Å². The third kappa shape index (κ3) is 4.72. The van der Waals surface area contributed by atoms with Crippen LogP contribution in [0, 0.1) is 0 Å². The number of hydrogen-bond acceptors (Lipinski definition) is 3. The van der Waals surface area contributed by atoms with E-state index in [2.05, 4.69) is 0 Å². The Morgan fingerprint density at radius 2 is 1.68 bits per heavy atom. The molecule has 1 N–H and O–H groups in total. The molecule has 0 fully saturated rings. The van der Waals surface area contributed by atoms with Gasteiger partial charge >= 0.3 is 5.97 Å². The first-order chi connectivity index (χ1) is 13.6. The molecule has 0 atom stereocenters. The number of aliphatic carboxylic acids is 1. The van der Waals surface area contributed by atoms with Crippen molar-refractivity contribution in [2.24, 2.45) is 0 Å². The van der Waals surface area contributed by atoms with Gasteiger partial charge in [0.15, 0.2) is 11.5 Å². The summed E-state index contributed by atoms with van der Waals surface area (Å²) in [6, 6.07) is 22.0. The quantitative estimate of drug-likeness (QED) is 0.421. The Balaban J connectivity index is 1.93. The maximum Gasteiger partial charge on any atom is 0.336 e. The SMILES string of the molecule is COc1cc(/C=C(\C(=O)O)c2ccccc2)cc(Cl)c1OCc1ccccc1. The van der Waals surface area contributed by atoms with E-state index in [4.69, 9.17) is 21.1 Å². The molecule has 5 heteroatoms. The van der Waals surface area contributed by atoms with Crippen molar-refractivity contribution >= 4 is 29.2 Å². The van der Waals surface area contributed by atoms with Crippen LogP contribution in [0.25, 0.3) is 11.6 Å². The van der Waals surface area contributed by atoms with Crippen LogP contribution in [0.2, 0.25) is 5.02 Å². The van der Waals surface area contributed by atoms with Crippen LogP contribution in [0.4, 0.5) is 0 Å². The smallest absolute Gasteiger partial charge is 0.336 e. The molecule has 142 valence electrons. The summed E-state index contributed by atoms with van der Waals surface area (Å²) in [6.07, 6.45) is 1.56. The molecular weight excluding hydrogens is 376 g/mol. The van der Waals surface area contributed by atoms with Gasteiger partial charge in [0, 0.05) is 0 Å². The third-order valence-electron chi connectivity index (χ3n) is 4.10. The summed E-state index contributed by atoms with van der Waals surface area (Å²) in [7, 11) is 1.52. The van der Waals surface area contributed by atoms with Crippen molar-refractivity contribution < 1.29 is 19.4 Å². The molecule has 0 aliphatic rings. The third-order valence-corrected chi connectivity index (χ3v) is 4.38. The molecule has 0 amide bonds. The van der Waals surface area contributed by atoms with E-state index in [9.17, 15) is 9.90 Å². The molecular formula is C23H19ClO4. The standard InChI is InChI=1S/C23H19ClO4/c1-27-21-14-17(12-19(23(25)26)18-10-6-3-7-11-18)13-20(24)22(21)28-15-16-8-4-2-5-9-16/h2-14H,15H2,1H3,(H,25,26)/b19-12-. The fourth-order valence-electron chi connectivity index (χ4n) is 2.75. The second-order valence-corrected chi connectivity index (χ2v) is 6.44. The van der Waals surface area contributed by atoms with Gasteiger partial charge in [0.2, 0.25) is 0 Å². The summed E-state index contributed by atoms with van der Waals surface area (Å²) < 4.78 is 11.3. The van der Waals surface area contributed by atoms with Crippen LogP contribution in [0.15, 0.2) is 72.8 Å². The Labute approximate surface area is 168 Å². The van der Waals surface area contributed by atoms with Crippen molar-refractivity contribution in [2.75, 3.05) is 7.11 Å². The molecule has 0 aromatic heterocycles. The largest absolute Gasteiger partial charge is 0.493 e. The number of hydrogen-bond donors (Lipinski definition) is 1. The molecule has 28 heavy (non-hydrogen) atoms. The van der Waals surface area contributed by atoms with Gasteiger partial charge in [-0.1, -0.05) is 72.3 Å². The zero-order valence-electron chi connectivity index (χ0n) is 15.3. The van der Waals surface area contributed by atoms with Gasteiger partial charge in [0.05, 0.1) is 17.7 Å². The summed E-state index contributed by atoms with van der Waals surface area (Å²) in [5, 5.41) is 9.94. The molecule has 3 aromatic carbocycles. The monoisotopic (exact) mass is 394 g/mol. The van der Waals surface area contributed by atoms with Crippen LogP contribution in [0.5, 0.6) is 11.5 Å². The Hall–Kier alpha value is -3.24. The van der Waals surface area contributed by atoms with E-state index in [-0.39, 0.29) is 5.57 Å². The van der Waals surface area contributed by atoms with E-state index in [1.165, 1.54) is 7.11 Å². The zero-order chi connectivity index (χ0) is 19.9. The first-order valence-electron chi connectivity index (χ1n) is 8.63. The molecule has 0 bridgehead atoms. The average molecular weight is 395 g/mol. The molecule has 0 spiro atoms. The van der Waals surface area contributed by atoms with Crippen LogP contribution in [-0.2, 0) is 11.4 Å². The number of ether oxygens (including phenoxy) is 2. The average Bonchev–Trinajstić information content (AvgIpc) is 2.72. The Morgan fingerprint density at radius 3 is 2.29 bits per heavy atom. The van der Waals surface area contributed by atoms with Crippen molar-refractivity contribution in [3.63, 3.8) is 0 Å². The number of rotatable bonds is 7. The van der Waals surface area contributed by atoms with E-state index in [1.807, 2.05) is 36.4 Å². The fourth-order valence-corrected chi connectivity index (χ4v) is 3.02. The summed E-state index contributed by atoms with van der Waals surface area (Å²) in [5.41, 5.74) is 2.38.